The first-order valence-electron chi connectivity index (χ1n) is 11.3. The van der Waals surface area contributed by atoms with Crippen molar-refractivity contribution in [1.82, 2.24) is 4.90 Å². The lowest BCUT2D eigenvalue weighted by molar-refractivity contribution is -0.117. The molecule has 0 unspecified atom stereocenters. The van der Waals surface area contributed by atoms with Crippen LogP contribution < -0.4 is 5.32 Å². The Morgan fingerprint density at radius 1 is 0.833 bits per heavy atom. The van der Waals surface area contributed by atoms with E-state index < -0.39 is 17.8 Å². The topological polar surface area (TPSA) is 66.5 Å². The summed E-state index contributed by atoms with van der Waals surface area (Å²) in [6.07, 6.45) is 0. The smallest absolute Gasteiger partial charge is 0.255 e. The molecule has 1 atom stereocenters. The zero-order chi connectivity index (χ0) is 25.2. The van der Waals surface area contributed by atoms with E-state index in [1.165, 1.54) is 17.0 Å². The Hall–Kier alpha value is -4.29. The first kappa shape index (κ1) is 23.5. The second-order valence-corrected chi connectivity index (χ2v) is 8.88. The molecule has 36 heavy (non-hydrogen) atoms. The first-order chi connectivity index (χ1) is 17.4. The molecule has 0 radical (unpaired) electrons. The van der Waals surface area contributed by atoms with Gasteiger partial charge >= 0.3 is 0 Å². The molecule has 1 aliphatic rings. The molecule has 7 heteroatoms. The van der Waals surface area contributed by atoms with Gasteiger partial charge in [0.25, 0.3) is 5.91 Å². The maximum absolute atomic E-state index is 13.7. The third-order valence-corrected chi connectivity index (χ3v) is 6.32. The van der Waals surface area contributed by atoms with Crippen molar-refractivity contribution in [2.24, 2.45) is 0 Å². The largest absolute Gasteiger partial charge is 0.324 e. The van der Waals surface area contributed by atoms with Gasteiger partial charge in [0, 0.05) is 33.0 Å². The van der Waals surface area contributed by atoms with Gasteiger partial charge in [-0.25, -0.2) is 4.39 Å². The van der Waals surface area contributed by atoms with Gasteiger partial charge in [-0.05, 0) is 48.0 Å². The van der Waals surface area contributed by atoms with Crippen LogP contribution in [0.4, 0.5) is 10.1 Å². The molecule has 2 amide bonds. The summed E-state index contributed by atoms with van der Waals surface area (Å²) >= 11 is 6.28. The fourth-order valence-electron chi connectivity index (χ4n) is 4.36. The second kappa shape index (κ2) is 9.76. The van der Waals surface area contributed by atoms with Crippen molar-refractivity contribution in [2.45, 2.75) is 6.04 Å². The van der Waals surface area contributed by atoms with Crippen molar-refractivity contribution in [3.05, 3.63) is 136 Å². The summed E-state index contributed by atoms with van der Waals surface area (Å²) in [5, 5.41) is 3.27. The minimum atomic E-state index is -0.698. The van der Waals surface area contributed by atoms with Gasteiger partial charge in [-0.2, -0.15) is 0 Å². The van der Waals surface area contributed by atoms with E-state index >= 15 is 0 Å². The number of nitrogens with zero attached hydrogens (tertiary/aromatic N) is 1. The molecule has 4 aromatic rings. The molecule has 0 aromatic heterocycles. The molecule has 0 fully saturated rings. The first-order valence-corrected chi connectivity index (χ1v) is 11.6. The number of ketones is 1. The molecular weight excluding hydrogens is 479 g/mol. The Balaban J connectivity index is 1.54. The highest BCUT2D eigenvalue weighted by molar-refractivity contribution is 6.30. The highest BCUT2D eigenvalue weighted by atomic mass is 35.5. The number of rotatable bonds is 4. The fourth-order valence-corrected chi connectivity index (χ4v) is 4.54. The Morgan fingerprint density at radius 2 is 1.47 bits per heavy atom. The van der Waals surface area contributed by atoms with E-state index in [-0.39, 0.29) is 18.2 Å². The van der Waals surface area contributed by atoms with E-state index in [0.717, 1.165) is 0 Å². The maximum atomic E-state index is 13.7. The number of hydrogen-bond acceptors (Lipinski definition) is 3. The van der Waals surface area contributed by atoms with Gasteiger partial charge in [0.2, 0.25) is 5.91 Å². The molecule has 4 aromatic carbocycles. The predicted octanol–water partition coefficient (Wildman–Crippen LogP) is 5.89. The van der Waals surface area contributed by atoms with Crippen LogP contribution in [0.2, 0.25) is 5.02 Å². The van der Waals surface area contributed by atoms with Gasteiger partial charge in [-0.3, -0.25) is 14.4 Å². The average Bonchev–Trinajstić information content (AvgIpc) is 3.04. The van der Waals surface area contributed by atoms with E-state index in [1.54, 1.807) is 78.9 Å². The minimum Gasteiger partial charge on any atom is -0.324 e. The Bertz CT molecular complexity index is 1450. The number of fused-ring (bicyclic) bond motifs is 1. The summed E-state index contributed by atoms with van der Waals surface area (Å²) in [5.41, 5.74) is 3.07. The number of carbonyl (C=O) groups is 3. The summed E-state index contributed by atoms with van der Waals surface area (Å²) in [5.74, 6) is -1.35. The summed E-state index contributed by atoms with van der Waals surface area (Å²) in [6.45, 7) is -0.224. The van der Waals surface area contributed by atoms with Crippen LogP contribution >= 0.6 is 11.6 Å². The summed E-state index contributed by atoms with van der Waals surface area (Å²) in [4.78, 5) is 40.7. The summed E-state index contributed by atoms with van der Waals surface area (Å²) in [7, 11) is 0. The molecule has 0 saturated heterocycles. The molecule has 0 aliphatic carbocycles. The molecule has 0 bridgehead atoms. The number of benzene rings is 4. The standard InChI is InChI=1S/C29H20ClFN2O3/c30-22-12-15-25-24(16-22)27(18-10-13-23(31)14-11-18)33(17-26(34)32-25)29(36)21-8-6-20(7-9-21)28(35)19-4-2-1-3-5-19/h1-16,27H,17H2,(H,32,34)/t27-/m0/s1. The highest BCUT2D eigenvalue weighted by Crippen LogP contribution is 2.38. The molecule has 178 valence electrons. The zero-order valence-corrected chi connectivity index (χ0v) is 19.7. The maximum Gasteiger partial charge on any atom is 0.255 e. The molecular formula is C29H20ClFN2O3. The zero-order valence-electron chi connectivity index (χ0n) is 18.9. The lowest BCUT2D eigenvalue weighted by atomic mass is 9.95. The van der Waals surface area contributed by atoms with Gasteiger partial charge in [0.15, 0.2) is 5.78 Å². The van der Waals surface area contributed by atoms with Gasteiger partial charge in [-0.1, -0.05) is 66.2 Å². The Labute approximate surface area is 212 Å². The molecule has 5 rings (SSSR count). The average molecular weight is 499 g/mol. The third kappa shape index (κ3) is 4.63. The lowest BCUT2D eigenvalue weighted by Crippen LogP contribution is -2.39. The van der Waals surface area contributed by atoms with Gasteiger partial charge in [0.05, 0.1) is 6.04 Å². The molecule has 0 saturated carbocycles. The van der Waals surface area contributed by atoms with Crippen molar-refractivity contribution < 1.29 is 18.8 Å². The van der Waals surface area contributed by atoms with Crippen LogP contribution in [0.5, 0.6) is 0 Å². The van der Waals surface area contributed by atoms with Crippen LogP contribution in [0, 0.1) is 5.82 Å². The fraction of sp³-hybridized carbons (Fsp3) is 0.0690. The van der Waals surface area contributed by atoms with E-state index in [0.29, 0.717) is 38.5 Å². The van der Waals surface area contributed by atoms with E-state index in [1.807, 2.05) is 6.07 Å². The van der Waals surface area contributed by atoms with Crippen LogP contribution in [0.1, 0.15) is 43.4 Å². The molecule has 0 spiro atoms. The van der Waals surface area contributed by atoms with Crippen molar-refractivity contribution >= 4 is 34.9 Å². The number of hydrogen-bond donors (Lipinski definition) is 1. The summed E-state index contributed by atoms with van der Waals surface area (Å²) < 4.78 is 13.7. The molecule has 1 aliphatic heterocycles. The van der Waals surface area contributed by atoms with E-state index in [9.17, 15) is 18.8 Å². The second-order valence-electron chi connectivity index (χ2n) is 8.44. The van der Waals surface area contributed by atoms with Crippen molar-refractivity contribution in [2.75, 3.05) is 11.9 Å². The third-order valence-electron chi connectivity index (χ3n) is 6.08. The number of anilines is 1. The lowest BCUT2D eigenvalue weighted by Gasteiger charge is -2.31. The summed E-state index contributed by atoms with van der Waals surface area (Å²) in [6, 6.07) is 25.3. The SMILES string of the molecule is O=C1CN(C(=O)c2ccc(C(=O)c3ccccc3)cc2)[C@@H](c2ccc(F)cc2)c2cc(Cl)ccc2N1. The molecule has 1 heterocycles. The van der Waals surface area contributed by atoms with Crippen LogP contribution in [0.3, 0.4) is 0 Å². The van der Waals surface area contributed by atoms with Crippen LogP contribution in [0.25, 0.3) is 0 Å². The van der Waals surface area contributed by atoms with Crippen LogP contribution in [-0.4, -0.2) is 29.0 Å². The normalized spacial score (nSPS) is 15.0. The van der Waals surface area contributed by atoms with Crippen molar-refractivity contribution in [1.29, 1.82) is 0 Å². The predicted molar refractivity (Wildman–Crippen MR) is 136 cm³/mol. The number of nitrogens with one attached hydrogen (secondary N) is 1. The van der Waals surface area contributed by atoms with Gasteiger partial charge in [0.1, 0.15) is 12.4 Å². The van der Waals surface area contributed by atoms with Crippen molar-refractivity contribution in [3.8, 4) is 0 Å². The number of carbonyl (C=O) groups excluding carboxylic acids is 3. The van der Waals surface area contributed by atoms with Crippen LogP contribution in [0.15, 0.2) is 97.1 Å². The monoisotopic (exact) mass is 498 g/mol. The van der Waals surface area contributed by atoms with Gasteiger partial charge in [-0.15, -0.1) is 0 Å². The molecule has 1 N–H and O–H groups in total. The quantitative estimate of drug-likeness (QED) is 0.356. The van der Waals surface area contributed by atoms with Crippen molar-refractivity contribution in [3.63, 3.8) is 0 Å². The minimum absolute atomic E-state index is 0.156. The number of halogens is 2. The Morgan fingerprint density at radius 3 is 2.17 bits per heavy atom. The van der Waals surface area contributed by atoms with E-state index in [4.69, 9.17) is 11.6 Å². The van der Waals surface area contributed by atoms with E-state index in [2.05, 4.69) is 5.32 Å². The Kier molecular flexibility index (Phi) is 6.36. The highest BCUT2D eigenvalue weighted by Gasteiger charge is 2.34. The number of amides is 2. The van der Waals surface area contributed by atoms with Crippen LogP contribution in [-0.2, 0) is 4.79 Å². The molecule has 5 nitrogen and oxygen atoms in total. The van der Waals surface area contributed by atoms with Gasteiger partial charge < -0.3 is 10.2 Å².